The first-order valence-electron chi connectivity index (χ1n) is 8.21. The molecule has 1 aromatic rings. The highest BCUT2D eigenvalue weighted by molar-refractivity contribution is 7.12. The van der Waals surface area contributed by atoms with E-state index in [0.717, 1.165) is 15.3 Å². The molecule has 1 aliphatic heterocycles. The lowest BCUT2D eigenvalue weighted by atomic mass is 10.1. The van der Waals surface area contributed by atoms with E-state index in [0.29, 0.717) is 32.7 Å². The third-order valence-corrected chi connectivity index (χ3v) is 5.24. The molecule has 0 saturated carbocycles. The van der Waals surface area contributed by atoms with Gasteiger partial charge in [0.05, 0.1) is 6.54 Å². The molecule has 1 N–H and O–H groups in total. The van der Waals surface area contributed by atoms with Crippen LogP contribution in [-0.2, 0) is 9.59 Å². The molecule has 2 heterocycles. The van der Waals surface area contributed by atoms with E-state index < -0.39 is 0 Å². The van der Waals surface area contributed by atoms with Gasteiger partial charge in [0.2, 0.25) is 11.8 Å². The Labute approximate surface area is 146 Å². The zero-order valence-electron chi connectivity index (χ0n) is 14.6. The van der Waals surface area contributed by atoms with Gasteiger partial charge in [-0.3, -0.25) is 19.3 Å². The summed E-state index contributed by atoms with van der Waals surface area (Å²) in [6, 6.07) is 1.91. The van der Waals surface area contributed by atoms with Gasteiger partial charge in [-0.25, -0.2) is 0 Å². The van der Waals surface area contributed by atoms with Crippen molar-refractivity contribution >= 4 is 28.9 Å². The van der Waals surface area contributed by atoms with Gasteiger partial charge in [-0.15, -0.1) is 11.3 Å². The average molecular weight is 351 g/mol. The van der Waals surface area contributed by atoms with E-state index in [9.17, 15) is 14.4 Å². The summed E-state index contributed by atoms with van der Waals surface area (Å²) in [6.45, 7) is 6.90. The number of aryl methyl sites for hydroxylation is 2. The van der Waals surface area contributed by atoms with Crippen molar-refractivity contribution in [3.8, 4) is 0 Å². The molecular formula is C17H25N3O3S. The lowest BCUT2D eigenvalue weighted by Gasteiger charge is -2.34. The van der Waals surface area contributed by atoms with Crippen LogP contribution in [0.25, 0.3) is 0 Å². The minimum absolute atomic E-state index is 0.0122. The molecule has 2 rings (SSSR count). The second-order valence-corrected chi connectivity index (χ2v) is 7.54. The Morgan fingerprint density at radius 3 is 2.33 bits per heavy atom. The van der Waals surface area contributed by atoms with E-state index in [1.807, 2.05) is 24.8 Å². The number of nitrogens with zero attached hydrogens (tertiary/aromatic N) is 2. The van der Waals surface area contributed by atoms with Crippen LogP contribution in [0.15, 0.2) is 6.07 Å². The van der Waals surface area contributed by atoms with Gasteiger partial charge >= 0.3 is 0 Å². The molecule has 0 unspecified atom stereocenters. The third-order valence-electron chi connectivity index (χ3n) is 4.28. The largest absolute Gasteiger partial charge is 0.358 e. The number of hydrogen-bond acceptors (Lipinski definition) is 5. The van der Waals surface area contributed by atoms with Crippen molar-refractivity contribution in [2.24, 2.45) is 0 Å². The van der Waals surface area contributed by atoms with Gasteiger partial charge in [-0.05, 0) is 19.9 Å². The molecule has 0 atom stereocenters. The van der Waals surface area contributed by atoms with Crippen molar-refractivity contribution in [2.75, 3.05) is 39.8 Å². The van der Waals surface area contributed by atoms with Crippen LogP contribution in [0.3, 0.4) is 0 Å². The highest BCUT2D eigenvalue weighted by atomic mass is 32.1. The summed E-state index contributed by atoms with van der Waals surface area (Å²) in [7, 11) is 1.62. The first-order valence-corrected chi connectivity index (χ1v) is 9.03. The molecule has 1 saturated heterocycles. The number of ketones is 1. The molecule has 1 aliphatic rings. The number of thiophene rings is 1. The highest BCUT2D eigenvalue weighted by Crippen LogP contribution is 2.22. The summed E-state index contributed by atoms with van der Waals surface area (Å²) >= 11 is 1.61. The number of amides is 2. The predicted octanol–water partition coefficient (Wildman–Crippen LogP) is 1.22. The third kappa shape index (κ3) is 4.88. The summed E-state index contributed by atoms with van der Waals surface area (Å²) in [4.78, 5) is 41.9. The van der Waals surface area contributed by atoms with Crippen molar-refractivity contribution in [1.29, 1.82) is 0 Å². The summed E-state index contributed by atoms with van der Waals surface area (Å²) < 4.78 is 0. The Kier molecular flexibility index (Phi) is 6.51. The van der Waals surface area contributed by atoms with Gasteiger partial charge in [-0.2, -0.15) is 0 Å². The molecule has 132 valence electrons. The fourth-order valence-electron chi connectivity index (χ4n) is 2.86. The molecule has 0 aliphatic carbocycles. The molecule has 24 heavy (non-hydrogen) atoms. The van der Waals surface area contributed by atoms with Crippen LogP contribution in [0.5, 0.6) is 0 Å². The molecule has 0 radical (unpaired) electrons. The maximum Gasteiger partial charge on any atom is 0.233 e. The number of likely N-dealkylation sites (N-methyl/N-ethyl adjacent to an activating group) is 1. The summed E-state index contributed by atoms with van der Waals surface area (Å²) in [5.74, 6) is 0.0535. The van der Waals surface area contributed by atoms with Crippen LogP contribution in [0.2, 0.25) is 0 Å². The van der Waals surface area contributed by atoms with E-state index in [-0.39, 0.29) is 30.4 Å². The topological polar surface area (TPSA) is 69.7 Å². The van der Waals surface area contributed by atoms with Crippen molar-refractivity contribution in [1.82, 2.24) is 15.1 Å². The number of carbonyl (C=O) groups excluding carboxylic acids is 3. The lowest BCUT2D eigenvalue weighted by Crippen LogP contribution is -2.50. The number of carbonyl (C=O) groups is 3. The number of Topliss-reactive ketones (excluding diaryl/α,β-unsaturated/α-hetero) is 1. The molecule has 1 fully saturated rings. The Bertz CT molecular complexity index is 619. The molecule has 7 heteroatoms. The van der Waals surface area contributed by atoms with E-state index >= 15 is 0 Å². The molecule has 0 bridgehead atoms. The van der Waals surface area contributed by atoms with Crippen molar-refractivity contribution in [3.63, 3.8) is 0 Å². The van der Waals surface area contributed by atoms with Crippen LogP contribution in [-0.4, -0.2) is 67.2 Å². The molecular weight excluding hydrogens is 326 g/mol. The summed E-state index contributed by atoms with van der Waals surface area (Å²) in [6.07, 6.45) is 0.511. The second kappa shape index (κ2) is 8.39. The Morgan fingerprint density at radius 2 is 1.79 bits per heavy atom. The first-order chi connectivity index (χ1) is 11.4. The minimum Gasteiger partial charge on any atom is -0.358 e. The molecule has 1 aromatic heterocycles. The number of rotatable bonds is 6. The molecule has 6 nitrogen and oxygen atoms in total. The SMILES string of the molecule is CNC(=O)CN1CCN(C(=O)CCC(=O)c2cc(C)sc2C)CC1. The zero-order valence-corrected chi connectivity index (χ0v) is 15.4. The van der Waals surface area contributed by atoms with Crippen molar-refractivity contribution in [3.05, 3.63) is 21.4 Å². The fraction of sp³-hybridized carbons (Fsp3) is 0.588. The normalized spacial score (nSPS) is 15.4. The predicted molar refractivity (Wildman–Crippen MR) is 94.4 cm³/mol. The van der Waals surface area contributed by atoms with Crippen LogP contribution in [0, 0.1) is 13.8 Å². The van der Waals surface area contributed by atoms with E-state index in [2.05, 4.69) is 5.32 Å². The standard InChI is InChI=1S/C17H25N3O3S/c1-12-10-14(13(2)24-12)15(21)4-5-17(23)20-8-6-19(7-9-20)11-16(22)18-3/h10H,4-9,11H2,1-3H3,(H,18,22). The van der Waals surface area contributed by atoms with Crippen LogP contribution >= 0.6 is 11.3 Å². The Balaban J connectivity index is 1.76. The van der Waals surface area contributed by atoms with Crippen LogP contribution < -0.4 is 5.32 Å². The lowest BCUT2D eigenvalue weighted by molar-refractivity contribution is -0.133. The average Bonchev–Trinajstić information content (AvgIpc) is 2.91. The van der Waals surface area contributed by atoms with Crippen molar-refractivity contribution in [2.45, 2.75) is 26.7 Å². The Hall–Kier alpha value is -1.73. The number of piperazine rings is 1. The Morgan fingerprint density at radius 1 is 1.12 bits per heavy atom. The highest BCUT2D eigenvalue weighted by Gasteiger charge is 2.23. The van der Waals surface area contributed by atoms with Gasteiger partial charge in [0, 0.05) is 61.4 Å². The first kappa shape index (κ1) is 18.6. The van der Waals surface area contributed by atoms with Crippen molar-refractivity contribution < 1.29 is 14.4 Å². The van der Waals surface area contributed by atoms with Crippen LogP contribution in [0.4, 0.5) is 0 Å². The zero-order chi connectivity index (χ0) is 17.7. The monoisotopic (exact) mass is 351 g/mol. The van der Waals surface area contributed by atoms with Gasteiger partial charge in [0.15, 0.2) is 5.78 Å². The van der Waals surface area contributed by atoms with E-state index in [1.165, 1.54) is 0 Å². The van der Waals surface area contributed by atoms with E-state index in [4.69, 9.17) is 0 Å². The summed E-state index contributed by atoms with van der Waals surface area (Å²) in [5.41, 5.74) is 0.751. The number of nitrogens with one attached hydrogen (secondary N) is 1. The maximum absolute atomic E-state index is 12.3. The minimum atomic E-state index is -0.0122. The molecule has 0 aromatic carbocycles. The number of hydrogen-bond donors (Lipinski definition) is 1. The van der Waals surface area contributed by atoms with Crippen LogP contribution in [0.1, 0.15) is 33.0 Å². The van der Waals surface area contributed by atoms with E-state index in [1.54, 1.807) is 23.3 Å². The van der Waals surface area contributed by atoms with Gasteiger partial charge in [0.1, 0.15) is 0 Å². The van der Waals surface area contributed by atoms with Gasteiger partial charge in [0.25, 0.3) is 0 Å². The quantitative estimate of drug-likeness (QED) is 0.783. The van der Waals surface area contributed by atoms with Gasteiger partial charge < -0.3 is 10.2 Å². The fourth-order valence-corrected chi connectivity index (χ4v) is 3.80. The maximum atomic E-state index is 12.3. The summed E-state index contributed by atoms with van der Waals surface area (Å²) in [5, 5.41) is 2.60. The second-order valence-electron chi connectivity index (χ2n) is 6.08. The molecule has 2 amide bonds. The smallest absolute Gasteiger partial charge is 0.233 e. The molecule has 0 spiro atoms. The van der Waals surface area contributed by atoms with Gasteiger partial charge in [-0.1, -0.05) is 0 Å².